The van der Waals surface area contributed by atoms with E-state index < -0.39 is 18.5 Å². The van der Waals surface area contributed by atoms with Crippen LogP contribution in [0.4, 0.5) is 0 Å². The molecule has 1 amide bonds. The van der Waals surface area contributed by atoms with Crippen LogP contribution in [0.3, 0.4) is 0 Å². The molecule has 0 aliphatic heterocycles. The molecule has 0 bridgehead atoms. The molecule has 24 heavy (non-hydrogen) atoms. The van der Waals surface area contributed by atoms with Gasteiger partial charge in [0, 0.05) is 0 Å². The maximum absolute atomic E-state index is 12.1. The molecule has 0 aromatic heterocycles. The van der Waals surface area contributed by atoms with Crippen molar-refractivity contribution in [2.75, 3.05) is 6.61 Å². The Bertz CT molecular complexity index is 750. The lowest BCUT2D eigenvalue weighted by Gasteiger charge is -2.14. The Balaban J connectivity index is 1.95. The molecule has 1 N–H and O–H groups in total. The van der Waals surface area contributed by atoms with E-state index in [2.05, 4.69) is 5.32 Å². The minimum absolute atomic E-state index is 0.00720. The van der Waals surface area contributed by atoms with Crippen molar-refractivity contribution >= 4 is 46.7 Å². The number of rotatable bonds is 5. The van der Waals surface area contributed by atoms with Gasteiger partial charge in [0.1, 0.15) is 0 Å². The molecule has 126 valence electrons. The van der Waals surface area contributed by atoms with Gasteiger partial charge in [0.2, 0.25) is 0 Å². The highest BCUT2D eigenvalue weighted by atomic mass is 35.5. The van der Waals surface area contributed by atoms with Crippen LogP contribution in [0.15, 0.2) is 42.5 Å². The summed E-state index contributed by atoms with van der Waals surface area (Å²) >= 11 is 17.7. The number of hydrogen-bond donors (Lipinski definition) is 1. The minimum atomic E-state index is -0.810. The first-order valence-electron chi connectivity index (χ1n) is 7.05. The third-order valence-corrected chi connectivity index (χ3v) is 4.38. The Morgan fingerprint density at radius 1 is 1.04 bits per heavy atom. The summed E-state index contributed by atoms with van der Waals surface area (Å²) < 4.78 is 4.96. The van der Waals surface area contributed by atoms with Crippen molar-refractivity contribution in [1.82, 2.24) is 5.32 Å². The number of halogens is 3. The molecule has 0 saturated carbocycles. The molecule has 2 rings (SSSR count). The van der Waals surface area contributed by atoms with E-state index in [0.717, 1.165) is 5.56 Å². The number of carbonyl (C=O) groups excluding carboxylic acids is 2. The second-order valence-corrected chi connectivity index (χ2v) is 6.19. The third-order valence-electron chi connectivity index (χ3n) is 3.26. The van der Waals surface area contributed by atoms with Crippen molar-refractivity contribution in [2.24, 2.45) is 0 Å². The van der Waals surface area contributed by atoms with Gasteiger partial charge in [-0.2, -0.15) is 0 Å². The molecule has 7 heteroatoms. The monoisotopic (exact) mass is 385 g/mol. The van der Waals surface area contributed by atoms with E-state index in [1.165, 1.54) is 12.1 Å². The minimum Gasteiger partial charge on any atom is -0.452 e. The fourth-order valence-electron chi connectivity index (χ4n) is 2.03. The van der Waals surface area contributed by atoms with Gasteiger partial charge in [-0.25, -0.2) is 4.79 Å². The molecule has 0 unspecified atom stereocenters. The molecule has 0 fully saturated rings. The Kier molecular flexibility index (Phi) is 6.49. The number of hydrogen-bond acceptors (Lipinski definition) is 3. The first-order valence-corrected chi connectivity index (χ1v) is 8.18. The van der Waals surface area contributed by atoms with Crippen molar-refractivity contribution in [1.29, 1.82) is 0 Å². The summed E-state index contributed by atoms with van der Waals surface area (Å²) in [6, 6.07) is 12.1. The second kappa shape index (κ2) is 8.38. The van der Waals surface area contributed by atoms with Gasteiger partial charge in [0.25, 0.3) is 5.91 Å². The van der Waals surface area contributed by atoms with Crippen LogP contribution in [0.25, 0.3) is 0 Å². The first-order chi connectivity index (χ1) is 11.4. The largest absolute Gasteiger partial charge is 0.452 e. The topological polar surface area (TPSA) is 55.4 Å². The molecule has 2 aromatic carbocycles. The number of amides is 1. The Morgan fingerprint density at radius 3 is 2.33 bits per heavy atom. The predicted molar refractivity (Wildman–Crippen MR) is 94.8 cm³/mol. The quantitative estimate of drug-likeness (QED) is 0.599. The number of nitrogens with one attached hydrogen (secondary N) is 1. The molecule has 0 heterocycles. The number of ether oxygens (including phenoxy) is 1. The third kappa shape index (κ3) is 4.63. The molecule has 0 spiro atoms. The lowest BCUT2D eigenvalue weighted by molar-refractivity contribution is -0.124. The van der Waals surface area contributed by atoms with E-state index >= 15 is 0 Å². The highest BCUT2D eigenvalue weighted by Crippen LogP contribution is 2.31. The first kappa shape index (κ1) is 18.6. The van der Waals surface area contributed by atoms with Gasteiger partial charge in [-0.1, -0.05) is 65.1 Å². The second-order valence-electron chi connectivity index (χ2n) is 4.99. The molecular formula is C17H14Cl3NO3. The summed E-state index contributed by atoms with van der Waals surface area (Å²) in [5, 5.41) is 3.01. The zero-order chi connectivity index (χ0) is 17.7. The summed E-state index contributed by atoms with van der Waals surface area (Å²) in [5.41, 5.74) is 0.882. The summed E-state index contributed by atoms with van der Waals surface area (Å²) in [6.45, 7) is 1.38. The van der Waals surface area contributed by atoms with Crippen LogP contribution in [0, 0.1) is 0 Å². The molecule has 0 saturated heterocycles. The standard InChI is InChI=1S/C17H14Cl3NO3/c1-10(11-5-3-2-4-6-11)21-14(22)9-24-17(23)15-12(18)7-8-13(19)16(15)20/h2-8,10H,9H2,1H3,(H,21,22)/t10-/m1/s1. The predicted octanol–water partition coefficient (Wildman–Crippen LogP) is 4.68. The van der Waals surface area contributed by atoms with Gasteiger partial charge in [0.15, 0.2) is 6.61 Å². The van der Waals surface area contributed by atoms with Crippen molar-refractivity contribution in [3.63, 3.8) is 0 Å². The van der Waals surface area contributed by atoms with Crippen LogP contribution < -0.4 is 5.32 Å². The highest BCUT2D eigenvalue weighted by Gasteiger charge is 2.20. The normalized spacial score (nSPS) is 11.7. The molecular weight excluding hydrogens is 373 g/mol. The Labute approximate surface area is 154 Å². The van der Waals surface area contributed by atoms with Gasteiger partial charge < -0.3 is 10.1 Å². The van der Waals surface area contributed by atoms with E-state index in [9.17, 15) is 9.59 Å². The number of benzene rings is 2. The van der Waals surface area contributed by atoms with Crippen LogP contribution in [0.1, 0.15) is 28.9 Å². The summed E-state index contributed by atoms with van der Waals surface area (Å²) in [7, 11) is 0. The number of esters is 1. The van der Waals surface area contributed by atoms with E-state index in [0.29, 0.717) is 0 Å². The van der Waals surface area contributed by atoms with Crippen LogP contribution in [0.5, 0.6) is 0 Å². The van der Waals surface area contributed by atoms with Crippen molar-refractivity contribution in [2.45, 2.75) is 13.0 Å². The average Bonchev–Trinajstić information content (AvgIpc) is 2.57. The Morgan fingerprint density at radius 2 is 1.67 bits per heavy atom. The van der Waals surface area contributed by atoms with E-state index in [-0.39, 0.29) is 26.7 Å². The summed E-state index contributed by atoms with van der Waals surface area (Å²) in [6.07, 6.45) is 0. The van der Waals surface area contributed by atoms with Crippen molar-refractivity contribution < 1.29 is 14.3 Å². The van der Waals surface area contributed by atoms with Crippen LogP contribution in [0.2, 0.25) is 15.1 Å². The fourth-order valence-corrected chi connectivity index (χ4v) is 2.71. The lowest BCUT2D eigenvalue weighted by atomic mass is 10.1. The zero-order valence-corrected chi connectivity index (χ0v) is 15.0. The van der Waals surface area contributed by atoms with Crippen LogP contribution in [-0.4, -0.2) is 18.5 Å². The van der Waals surface area contributed by atoms with Crippen LogP contribution in [-0.2, 0) is 9.53 Å². The van der Waals surface area contributed by atoms with Crippen molar-refractivity contribution in [3.05, 3.63) is 68.7 Å². The SMILES string of the molecule is C[C@@H](NC(=O)COC(=O)c1c(Cl)ccc(Cl)c1Cl)c1ccccc1. The fraction of sp³-hybridized carbons (Fsp3) is 0.176. The smallest absolute Gasteiger partial charge is 0.341 e. The maximum Gasteiger partial charge on any atom is 0.341 e. The zero-order valence-electron chi connectivity index (χ0n) is 12.7. The molecule has 0 aliphatic rings. The van der Waals surface area contributed by atoms with Gasteiger partial charge in [-0.15, -0.1) is 0 Å². The molecule has 0 radical (unpaired) electrons. The van der Waals surface area contributed by atoms with Crippen LogP contribution >= 0.6 is 34.8 Å². The number of carbonyl (C=O) groups is 2. The molecule has 0 aliphatic carbocycles. The average molecular weight is 387 g/mol. The van der Waals surface area contributed by atoms with Gasteiger partial charge in [-0.3, -0.25) is 4.79 Å². The summed E-state index contributed by atoms with van der Waals surface area (Å²) in [4.78, 5) is 24.0. The van der Waals surface area contributed by atoms with E-state index in [4.69, 9.17) is 39.5 Å². The Hall–Kier alpha value is -1.75. The lowest BCUT2D eigenvalue weighted by Crippen LogP contribution is -2.31. The van der Waals surface area contributed by atoms with E-state index in [1.54, 1.807) is 0 Å². The van der Waals surface area contributed by atoms with Gasteiger partial charge in [-0.05, 0) is 24.6 Å². The van der Waals surface area contributed by atoms with Gasteiger partial charge >= 0.3 is 5.97 Å². The highest BCUT2D eigenvalue weighted by molar-refractivity contribution is 6.46. The molecule has 2 aromatic rings. The van der Waals surface area contributed by atoms with Crippen molar-refractivity contribution in [3.8, 4) is 0 Å². The van der Waals surface area contributed by atoms with E-state index in [1.807, 2.05) is 37.3 Å². The maximum atomic E-state index is 12.1. The summed E-state index contributed by atoms with van der Waals surface area (Å²) in [5.74, 6) is -1.25. The van der Waals surface area contributed by atoms with Gasteiger partial charge in [0.05, 0.1) is 26.7 Å². The molecule has 1 atom stereocenters. The molecule has 4 nitrogen and oxygen atoms in total.